The third-order valence-corrected chi connectivity index (χ3v) is 2.11. The van der Waals surface area contributed by atoms with Crippen molar-refractivity contribution in [2.75, 3.05) is 13.7 Å². The molecule has 76 valence electrons. The van der Waals surface area contributed by atoms with E-state index in [0.717, 1.165) is 16.8 Å². The molecule has 0 saturated heterocycles. The fraction of sp³-hybridized carbons (Fsp3) is 0.400. The number of ether oxygens (including phenoxy) is 1. The molecule has 0 saturated carbocycles. The van der Waals surface area contributed by atoms with Crippen molar-refractivity contribution in [2.24, 2.45) is 0 Å². The van der Waals surface area contributed by atoms with E-state index in [1.54, 1.807) is 7.11 Å². The van der Waals surface area contributed by atoms with Gasteiger partial charge in [0.05, 0.1) is 19.8 Å². The monoisotopic (exact) mass is 194 g/mol. The van der Waals surface area contributed by atoms with Crippen LogP contribution in [0.25, 0.3) is 0 Å². The molecule has 14 heavy (non-hydrogen) atoms. The third-order valence-electron chi connectivity index (χ3n) is 2.11. The Kier molecular flexibility index (Phi) is 3.98. The van der Waals surface area contributed by atoms with E-state index < -0.39 is 6.10 Å². The second kappa shape index (κ2) is 5.03. The average Bonchev–Trinajstić information content (AvgIpc) is 2.20. The maximum Gasteiger partial charge on any atom is 0.139 e. The molecular formula is C10H15BO3. The lowest BCUT2D eigenvalue weighted by atomic mass is 9.93. The van der Waals surface area contributed by atoms with Crippen LogP contribution in [-0.2, 0) is 6.42 Å². The highest BCUT2D eigenvalue weighted by Gasteiger charge is 2.08. The van der Waals surface area contributed by atoms with E-state index in [-0.39, 0.29) is 6.61 Å². The Morgan fingerprint density at radius 3 is 2.79 bits per heavy atom. The van der Waals surface area contributed by atoms with Crippen molar-refractivity contribution < 1.29 is 14.9 Å². The summed E-state index contributed by atoms with van der Waals surface area (Å²) >= 11 is 0. The van der Waals surface area contributed by atoms with Crippen LogP contribution in [0.5, 0.6) is 5.75 Å². The SMILES string of the molecule is Bc1ccc(CC(O)CO)c(OC)c1. The van der Waals surface area contributed by atoms with E-state index in [1.807, 2.05) is 26.0 Å². The number of rotatable bonds is 4. The van der Waals surface area contributed by atoms with Crippen molar-refractivity contribution in [1.29, 1.82) is 0 Å². The number of benzene rings is 1. The molecule has 0 radical (unpaired) electrons. The van der Waals surface area contributed by atoms with Gasteiger partial charge in [-0.05, 0) is 11.6 Å². The van der Waals surface area contributed by atoms with Crippen LogP contribution in [0, 0.1) is 0 Å². The summed E-state index contributed by atoms with van der Waals surface area (Å²) in [4.78, 5) is 0. The smallest absolute Gasteiger partial charge is 0.139 e. The zero-order valence-electron chi connectivity index (χ0n) is 8.53. The van der Waals surface area contributed by atoms with Crippen molar-refractivity contribution in [2.45, 2.75) is 12.5 Å². The zero-order valence-corrected chi connectivity index (χ0v) is 8.53. The lowest BCUT2D eigenvalue weighted by Crippen LogP contribution is -2.16. The molecule has 0 heterocycles. The number of hydrogen-bond donors (Lipinski definition) is 2. The maximum atomic E-state index is 9.30. The van der Waals surface area contributed by atoms with Crippen LogP contribution in [0.4, 0.5) is 0 Å². The van der Waals surface area contributed by atoms with Gasteiger partial charge in [-0.25, -0.2) is 0 Å². The summed E-state index contributed by atoms with van der Waals surface area (Å²) in [6.07, 6.45) is -0.299. The van der Waals surface area contributed by atoms with E-state index in [0.29, 0.717) is 6.42 Å². The van der Waals surface area contributed by atoms with Crippen LogP contribution >= 0.6 is 0 Å². The second-order valence-electron chi connectivity index (χ2n) is 3.36. The molecule has 0 amide bonds. The summed E-state index contributed by atoms with van der Waals surface area (Å²) in [5, 5.41) is 18.0. The highest BCUT2D eigenvalue weighted by atomic mass is 16.5. The Balaban J connectivity index is 2.85. The largest absolute Gasteiger partial charge is 0.496 e. The van der Waals surface area contributed by atoms with Gasteiger partial charge in [0, 0.05) is 6.42 Å². The Hall–Kier alpha value is -0.995. The van der Waals surface area contributed by atoms with Crippen molar-refractivity contribution in [3.05, 3.63) is 23.8 Å². The van der Waals surface area contributed by atoms with Crippen LogP contribution in [0.2, 0.25) is 0 Å². The van der Waals surface area contributed by atoms with Gasteiger partial charge in [-0.1, -0.05) is 17.6 Å². The summed E-state index contributed by atoms with van der Waals surface area (Å²) in [5.74, 6) is 0.762. The van der Waals surface area contributed by atoms with E-state index in [1.165, 1.54) is 0 Å². The summed E-state index contributed by atoms with van der Waals surface area (Å²) in [7, 11) is 3.58. The number of hydrogen-bond acceptors (Lipinski definition) is 3. The van der Waals surface area contributed by atoms with E-state index in [2.05, 4.69) is 0 Å². The van der Waals surface area contributed by atoms with Crippen molar-refractivity contribution in [3.63, 3.8) is 0 Å². The highest BCUT2D eigenvalue weighted by Crippen LogP contribution is 2.17. The van der Waals surface area contributed by atoms with E-state index >= 15 is 0 Å². The normalized spacial score (nSPS) is 12.5. The van der Waals surface area contributed by atoms with Crippen LogP contribution in [0.15, 0.2) is 18.2 Å². The first-order valence-corrected chi connectivity index (χ1v) is 4.59. The molecule has 0 aliphatic rings. The van der Waals surface area contributed by atoms with Crippen molar-refractivity contribution in [1.82, 2.24) is 0 Å². The summed E-state index contributed by atoms with van der Waals surface area (Å²) in [6, 6.07) is 5.79. The first-order valence-electron chi connectivity index (χ1n) is 4.59. The molecule has 0 bridgehead atoms. The average molecular weight is 194 g/mol. The van der Waals surface area contributed by atoms with Crippen molar-refractivity contribution >= 4 is 13.3 Å². The summed E-state index contributed by atoms with van der Waals surface area (Å²) in [5.41, 5.74) is 2.03. The van der Waals surface area contributed by atoms with Crippen molar-refractivity contribution in [3.8, 4) is 5.75 Å². The summed E-state index contributed by atoms with van der Waals surface area (Å²) in [6.45, 7) is -0.225. The molecule has 0 aliphatic carbocycles. The predicted molar refractivity (Wildman–Crippen MR) is 58.0 cm³/mol. The fourth-order valence-corrected chi connectivity index (χ4v) is 1.34. The minimum Gasteiger partial charge on any atom is -0.496 e. The van der Waals surface area contributed by atoms with Crippen LogP contribution in [0.1, 0.15) is 5.56 Å². The molecule has 4 heteroatoms. The molecule has 1 unspecified atom stereocenters. The minimum atomic E-state index is -0.716. The topological polar surface area (TPSA) is 49.7 Å². The molecule has 0 fully saturated rings. The lowest BCUT2D eigenvalue weighted by Gasteiger charge is -2.11. The second-order valence-corrected chi connectivity index (χ2v) is 3.36. The zero-order chi connectivity index (χ0) is 10.6. The third kappa shape index (κ3) is 2.75. The molecule has 1 rings (SSSR count). The molecule has 2 N–H and O–H groups in total. The number of aliphatic hydroxyl groups excluding tert-OH is 2. The standard InChI is InChI=1S/C10H15BO3/c1-14-10-5-8(11)3-2-7(10)4-9(13)6-12/h2-3,5,9,12-13H,4,6,11H2,1H3. The fourth-order valence-electron chi connectivity index (χ4n) is 1.34. The van der Waals surface area contributed by atoms with E-state index in [4.69, 9.17) is 9.84 Å². The van der Waals surface area contributed by atoms with Crippen LogP contribution < -0.4 is 10.2 Å². The first kappa shape index (κ1) is 11.1. The Morgan fingerprint density at radius 2 is 2.21 bits per heavy atom. The van der Waals surface area contributed by atoms with Gasteiger partial charge in [0.25, 0.3) is 0 Å². The Morgan fingerprint density at radius 1 is 1.50 bits per heavy atom. The molecule has 1 atom stereocenters. The number of aliphatic hydroxyl groups is 2. The van der Waals surface area contributed by atoms with Gasteiger partial charge in [0.1, 0.15) is 13.6 Å². The quantitative estimate of drug-likeness (QED) is 0.595. The van der Waals surface area contributed by atoms with Crippen LogP contribution in [-0.4, -0.2) is 37.9 Å². The summed E-state index contributed by atoms with van der Waals surface area (Å²) < 4.78 is 5.18. The van der Waals surface area contributed by atoms with Crippen LogP contribution in [0.3, 0.4) is 0 Å². The molecule has 0 aliphatic heterocycles. The van der Waals surface area contributed by atoms with Gasteiger partial charge in [0.2, 0.25) is 0 Å². The first-order chi connectivity index (χ1) is 6.67. The van der Waals surface area contributed by atoms with Gasteiger partial charge in [-0.3, -0.25) is 0 Å². The maximum absolute atomic E-state index is 9.30. The van der Waals surface area contributed by atoms with Gasteiger partial charge >= 0.3 is 0 Å². The molecule has 0 spiro atoms. The Bertz CT molecular complexity index is 301. The Labute approximate surface area is 84.7 Å². The molecule has 1 aromatic carbocycles. The van der Waals surface area contributed by atoms with Gasteiger partial charge in [-0.2, -0.15) is 0 Å². The minimum absolute atomic E-state index is 0.225. The van der Waals surface area contributed by atoms with Gasteiger partial charge in [0.15, 0.2) is 0 Å². The van der Waals surface area contributed by atoms with E-state index in [9.17, 15) is 5.11 Å². The predicted octanol–water partition coefficient (Wildman–Crippen LogP) is -1.15. The molecule has 0 aromatic heterocycles. The molecular weight excluding hydrogens is 179 g/mol. The number of methoxy groups -OCH3 is 1. The van der Waals surface area contributed by atoms with Gasteiger partial charge in [-0.15, -0.1) is 0 Å². The lowest BCUT2D eigenvalue weighted by molar-refractivity contribution is 0.0950. The molecule has 1 aromatic rings. The van der Waals surface area contributed by atoms with Gasteiger partial charge < -0.3 is 14.9 Å². The molecule has 3 nitrogen and oxygen atoms in total. The highest BCUT2D eigenvalue weighted by molar-refractivity contribution is 6.32.